The van der Waals surface area contributed by atoms with Crippen molar-refractivity contribution in [3.8, 4) is 0 Å². The van der Waals surface area contributed by atoms with Crippen LogP contribution < -0.4 is 10.6 Å². The fourth-order valence-corrected chi connectivity index (χ4v) is 1.30. The van der Waals surface area contributed by atoms with E-state index in [0.717, 1.165) is 11.4 Å². The summed E-state index contributed by atoms with van der Waals surface area (Å²) >= 11 is 0. The van der Waals surface area contributed by atoms with E-state index in [4.69, 9.17) is 4.74 Å². The van der Waals surface area contributed by atoms with Gasteiger partial charge in [-0.05, 0) is 34.6 Å². The molecule has 0 aliphatic heterocycles. The van der Waals surface area contributed by atoms with Crippen molar-refractivity contribution >= 4 is 11.9 Å². The van der Waals surface area contributed by atoms with Crippen LogP contribution in [-0.2, 0) is 4.74 Å². The van der Waals surface area contributed by atoms with Gasteiger partial charge in [-0.2, -0.15) is 0 Å². The molecular weight excluding hydrogens is 244 g/mol. The highest BCUT2D eigenvalue weighted by Gasteiger charge is 2.15. The highest BCUT2D eigenvalue weighted by molar-refractivity contribution is 5.67. The summed E-state index contributed by atoms with van der Waals surface area (Å²) in [6.45, 7) is 10.3. The van der Waals surface area contributed by atoms with Gasteiger partial charge in [-0.3, -0.25) is 4.98 Å². The quantitative estimate of drug-likeness (QED) is 0.815. The lowest BCUT2D eigenvalue weighted by Crippen LogP contribution is -2.35. The van der Waals surface area contributed by atoms with Gasteiger partial charge in [-0.1, -0.05) is 0 Å². The maximum absolute atomic E-state index is 11.4. The van der Waals surface area contributed by atoms with Crippen molar-refractivity contribution in [1.82, 2.24) is 15.3 Å². The molecule has 0 unspecified atom stereocenters. The molecule has 2 N–H and O–H groups in total. The Morgan fingerprint density at radius 2 is 1.95 bits per heavy atom. The summed E-state index contributed by atoms with van der Waals surface area (Å²) in [6.07, 6.45) is 1.26. The van der Waals surface area contributed by atoms with Gasteiger partial charge in [-0.25, -0.2) is 9.78 Å². The van der Waals surface area contributed by atoms with Gasteiger partial charge in [0.05, 0.1) is 17.6 Å². The molecule has 1 heterocycles. The van der Waals surface area contributed by atoms with Crippen molar-refractivity contribution in [3.63, 3.8) is 0 Å². The van der Waals surface area contributed by atoms with E-state index in [0.29, 0.717) is 18.9 Å². The molecule has 1 rings (SSSR count). The Morgan fingerprint density at radius 1 is 1.26 bits per heavy atom. The Bertz CT molecular complexity index is 441. The Kier molecular flexibility index (Phi) is 5.09. The molecule has 6 nitrogen and oxygen atoms in total. The first-order valence-corrected chi connectivity index (χ1v) is 6.29. The van der Waals surface area contributed by atoms with Crippen LogP contribution in [-0.4, -0.2) is 34.8 Å². The number of alkyl carbamates (subject to hydrolysis) is 1. The topological polar surface area (TPSA) is 76.1 Å². The molecule has 0 saturated heterocycles. The van der Waals surface area contributed by atoms with Gasteiger partial charge in [0.25, 0.3) is 0 Å². The molecule has 6 heteroatoms. The van der Waals surface area contributed by atoms with Crippen LogP contribution in [0.5, 0.6) is 0 Å². The van der Waals surface area contributed by atoms with Crippen LogP contribution in [0.4, 0.5) is 10.6 Å². The number of carbonyl (C=O) groups is 1. The van der Waals surface area contributed by atoms with Crippen LogP contribution in [0.3, 0.4) is 0 Å². The van der Waals surface area contributed by atoms with Gasteiger partial charge in [-0.15, -0.1) is 0 Å². The van der Waals surface area contributed by atoms with Crippen LogP contribution in [0.2, 0.25) is 0 Å². The first-order chi connectivity index (χ1) is 8.78. The predicted molar refractivity (Wildman–Crippen MR) is 74.2 cm³/mol. The van der Waals surface area contributed by atoms with Crippen LogP contribution in [0, 0.1) is 13.8 Å². The average Bonchev–Trinajstić information content (AvgIpc) is 2.27. The monoisotopic (exact) mass is 266 g/mol. The lowest BCUT2D eigenvalue weighted by molar-refractivity contribution is 0.0530. The summed E-state index contributed by atoms with van der Waals surface area (Å²) in [5.74, 6) is 0.703. The fraction of sp³-hybridized carbons (Fsp3) is 0.615. The minimum Gasteiger partial charge on any atom is -0.444 e. The minimum absolute atomic E-state index is 0.416. The summed E-state index contributed by atoms with van der Waals surface area (Å²) in [7, 11) is 0. The van der Waals surface area contributed by atoms with Crippen LogP contribution in [0.1, 0.15) is 32.2 Å². The highest BCUT2D eigenvalue weighted by atomic mass is 16.6. The zero-order valence-electron chi connectivity index (χ0n) is 12.2. The standard InChI is InChI=1S/C13H22N4O2/c1-9-10(2)17-11(8-16-9)14-6-7-15-12(18)19-13(3,4)5/h8H,6-7H2,1-5H3,(H,14,17)(H,15,18). The number of nitrogens with one attached hydrogen (secondary N) is 2. The second-order valence-electron chi connectivity index (χ2n) is 5.28. The molecule has 0 aliphatic carbocycles. The molecule has 1 aromatic rings. The summed E-state index contributed by atoms with van der Waals surface area (Å²) in [5, 5.41) is 5.75. The first-order valence-electron chi connectivity index (χ1n) is 6.29. The van der Waals surface area contributed by atoms with Crippen LogP contribution in [0.25, 0.3) is 0 Å². The summed E-state index contributed by atoms with van der Waals surface area (Å²) in [6, 6.07) is 0. The van der Waals surface area contributed by atoms with Crippen molar-refractivity contribution < 1.29 is 9.53 Å². The number of amides is 1. The Morgan fingerprint density at radius 3 is 2.53 bits per heavy atom. The number of aromatic nitrogens is 2. The first kappa shape index (κ1) is 15.2. The maximum Gasteiger partial charge on any atom is 0.407 e. The maximum atomic E-state index is 11.4. The van der Waals surface area contributed by atoms with Gasteiger partial charge < -0.3 is 15.4 Å². The third-order valence-corrected chi connectivity index (χ3v) is 2.29. The van der Waals surface area contributed by atoms with Crippen molar-refractivity contribution in [2.24, 2.45) is 0 Å². The molecular formula is C13H22N4O2. The number of nitrogens with zero attached hydrogens (tertiary/aromatic N) is 2. The van der Waals surface area contributed by atoms with Crippen molar-refractivity contribution in [1.29, 1.82) is 0 Å². The molecule has 0 fully saturated rings. The summed E-state index contributed by atoms with van der Waals surface area (Å²) < 4.78 is 5.12. The lowest BCUT2D eigenvalue weighted by atomic mass is 10.2. The Labute approximate surface area is 114 Å². The van der Waals surface area contributed by atoms with E-state index < -0.39 is 11.7 Å². The molecule has 0 spiro atoms. The number of rotatable bonds is 4. The second kappa shape index (κ2) is 6.36. The smallest absolute Gasteiger partial charge is 0.407 e. The molecule has 1 amide bonds. The normalized spacial score (nSPS) is 11.0. The molecule has 19 heavy (non-hydrogen) atoms. The van der Waals surface area contributed by atoms with E-state index in [1.54, 1.807) is 6.20 Å². The number of hydrogen-bond acceptors (Lipinski definition) is 5. The van der Waals surface area contributed by atoms with Crippen LogP contribution in [0.15, 0.2) is 6.20 Å². The molecule has 0 aromatic carbocycles. The second-order valence-corrected chi connectivity index (χ2v) is 5.28. The van der Waals surface area contributed by atoms with Crippen molar-refractivity contribution in [2.45, 2.75) is 40.2 Å². The average molecular weight is 266 g/mol. The summed E-state index contributed by atoms with van der Waals surface area (Å²) in [5.41, 5.74) is 1.33. The molecule has 0 aliphatic rings. The number of aryl methyl sites for hydroxylation is 2. The van der Waals surface area contributed by atoms with E-state index in [9.17, 15) is 4.79 Å². The molecule has 0 bridgehead atoms. The Balaban J connectivity index is 2.27. The molecule has 1 aromatic heterocycles. The minimum atomic E-state index is -0.475. The summed E-state index contributed by atoms with van der Waals surface area (Å²) in [4.78, 5) is 19.9. The third kappa shape index (κ3) is 6.03. The van der Waals surface area contributed by atoms with Gasteiger partial charge in [0, 0.05) is 13.1 Å². The van der Waals surface area contributed by atoms with E-state index in [1.165, 1.54) is 0 Å². The van der Waals surface area contributed by atoms with E-state index in [-0.39, 0.29) is 0 Å². The van der Waals surface area contributed by atoms with Crippen molar-refractivity contribution in [3.05, 3.63) is 17.6 Å². The number of hydrogen-bond donors (Lipinski definition) is 2. The molecule has 0 saturated carbocycles. The van der Waals surface area contributed by atoms with E-state index in [2.05, 4.69) is 20.6 Å². The van der Waals surface area contributed by atoms with E-state index in [1.807, 2.05) is 34.6 Å². The number of carbonyl (C=O) groups excluding carboxylic acids is 1. The predicted octanol–water partition coefficient (Wildman–Crippen LogP) is 2.03. The van der Waals surface area contributed by atoms with Gasteiger partial charge in [0.2, 0.25) is 0 Å². The zero-order chi connectivity index (χ0) is 14.5. The molecule has 0 atom stereocenters. The van der Waals surface area contributed by atoms with Gasteiger partial charge in [0.15, 0.2) is 0 Å². The van der Waals surface area contributed by atoms with Gasteiger partial charge in [0.1, 0.15) is 11.4 Å². The van der Waals surface area contributed by atoms with Crippen LogP contribution >= 0.6 is 0 Å². The van der Waals surface area contributed by atoms with E-state index >= 15 is 0 Å². The third-order valence-electron chi connectivity index (χ3n) is 2.29. The Hall–Kier alpha value is -1.85. The largest absolute Gasteiger partial charge is 0.444 e. The zero-order valence-corrected chi connectivity index (χ0v) is 12.2. The van der Waals surface area contributed by atoms with Crippen molar-refractivity contribution in [2.75, 3.05) is 18.4 Å². The van der Waals surface area contributed by atoms with Gasteiger partial charge >= 0.3 is 6.09 Å². The highest BCUT2D eigenvalue weighted by Crippen LogP contribution is 2.06. The lowest BCUT2D eigenvalue weighted by Gasteiger charge is -2.19. The molecule has 106 valence electrons. The molecule has 0 radical (unpaired) electrons. The fourth-order valence-electron chi connectivity index (χ4n) is 1.30. The number of ether oxygens (including phenoxy) is 1. The number of anilines is 1. The SMILES string of the molecule is Cc1ncc(NCCNC(=O)OC(C)(C)C)nc1C.